The van der Waals surface area contributed by atoms with Crippen molar-refractivity contribution in [2.24, 2.45) is 0 Å². The molecule has 0 aliphatic heterocycles. The third-order valence-corrected chi connectivity index (χ3v) is 2.68. The van der Waals surface area contributed by atoms with Crippen molar-refractivity contribution in [3.63, 3.8) is 0 Å². The van der Waals surface area contributed by atoms with Gasteiger partial charge in [0, 0.05) is 11.1 Å². The number of rotatable bonds is 4. The monoisotopic (exact) mass is 241 g/mol. The Kier molecular flexibility index (Phi) is 4.77. The Morgan fingerprint density at radius 2 is 1.88 bits per heavy atom. The summed E-state index contributed by atoms with van der Waals surface area (Å²) in [5, 5.41) is 3.85. The number of benzene rings is 1. The van der Waals surface area contributed by atoms with Gasteiger partial charge in [0.05, 0.1) is 7.11 Å². The molecule has 0 spiro atoms. The molecule has 0 saturated carbocycles. The number of hydrogen-bond donors (Lipinski definition) is 1. The lowest BCUT2D eigenvalue weighted by Crippen LogP contribution is -2.36. The average Bonchev–Trinajstić information content (AvgIpc) is 2.28. The average molecular weight is 242 g/mol. The van der Waals surface area contributed by atoms with Crippen LogP contribution in [0.15, 0.2) is 24.3 Å². The molecular formula is C12H16ClNO2. The first kappa shape index (κ1) is 13.0. The zero-order chi connectivity index (χ0) is 12.1. The van der Waals surface area contributed by atoms with Gasteiger partial charge in [0.25, 0.3) is 0 Å². The van der Waals surface area contributed by atoms with Crippen molar-refractivity contribution in [1.29, 1.82) is 0 Å². The molecule has 0 aromatic heterocycles. The predicted molar refractivity (Wildman–Crippen MR) is 64.5 cm³/mol. The molecule has 0 bridgehead atoms. The molecule has 88 valence electrons. The topological polar surface area (TPSA) is 38.3 Å². The zero-order valence-corrected chi connectivity index (χ0v) is 10.4. The predicted octanol–water partition coefficient (Wildman–Crippen LogP) is 2.55. The van der Waals surface area contributed by atoms with Gasteiger partial charge in [-0.15, -0.1) is 0 Å². The number of esters is 1. The largest absolute Gasteiger partial charge is 0.468 e. The standard InChI is InChI=1S/C12H16ClNO2/c1-8(14-9(2)12(15)16-3)10-4-6-11(13)7-5-10/h4-9,14H,1-3H3/t8?,9-/m0/s1. The summed E-state index contributed by atoms with van der Waals surface area (Å²) in [6.07, 6.45) is 0. The van der Waals surface area contributed by atoms with Crippen molar-refractivity contribution in [1.82, 2.24) is 5.32 Å². The number of ether oxygens (including phenoxy) is 1. The van der Waals surface area contributed by atoms with Gasteiger partial charge in [0.1, 0.15) is 6.04 Å². The highest BCUT2D eigenvalue weighted by molar-refractivity contribution is 6.30. The van der Waals surface area contributed by atoms with Crippen LogP contribution in [-0.4, -0.2) is 19.1 Å². The van der Waals surface area contributed by atoms with Gasteiger partial charge in [-0.05, 0) is 31.5 Å². The zero-order valence-electron chi connectivity index (χ0n) is 9.66. The minimum atomic E-state index is -0.323. The van der Waals surface area contributed by atoms with E-state index in [2.05, 4.69) is 10.1 Å². The van der Waals surface area contributed by atoms with Crippen molar-refractivity contribution in [2.75, 3.05) is 7.11 Å². The van der Waals surface area contributed by atoms with Crippen molar-refractivity contribution >= 4 is 17.6 Å². The molecule has 0 saturated heterocycles. The van der Waals surface area contributed by atoms with E-state index in [9.17, 15) is 4.79 Å². The lowest BCUT2D eigenvalue weighted by molar-refractivity contribution is -0.142. The summed E-state index contributed by atoms with van der Waals surface area (Å²) in [5.74, 6) is -0.263. The molecule has 3 nitrogen and oxygen atoms in total. The van der Waals surface area contributed by atoms with Crippen LogP contribution in [0.25, 0.3) is 0 Å². The number of nitrogens with one attached hydrogen (secondary N) is 1. The van der Waals surface area contributed by atoms with Gasteiger partial charge < -0.3 is 4.74 Å². The molecule has 0 radical (unpaired) electrons. The van der Waals surface area contributed by atoms with E-state index in [1.165, 1.54) is 7.11 Å². The molecule has 4 heteroatoms. The smallest absolute Gasteiger partial charge is 0.322 e. The maximum absolute atomic E-state index is 11.2. The van der Waals surface area contributed by atoms with E-state index in [0.717, 1.165) is 5.56 Å². The normalized spacial score (nSPS) is 14.2. The molecule has 0 aliphatic carbocycles. The van der Waals surface area contributed by atoms with Crippen LogP contribution in [0.5, 0.6) is 0 Å². The first-order valence-electron chi connectivity index (χ1n) is 5.14. The second-order valence-corrected chi connectivity index (χ2v) is 4.12. The fraction of sp³-hybridized carbons (Fsp3) is 0.417. The van der Waals surface area contributed by atoms with Crippen molar-refractivity contribution in [2.45, 2.75) is 25.9 Å². The molecule has 16 heavy (non-hydrogen) atoms. The van der Waals surface area contributed by atoms with Crippen LogP contribution in [0.4, 0.5) is 0 Å². The van der Waals surface area contributed by atoms with Gasteiger partial charge in [-0.2, -0.15) is 0 Å². The summed E-state index contributed by atoms with van der Waals surface area (Å²) in [4.78, 5) is 11.2. The number of methoxy groups -OCH3 is 1. The van der Waals surface area contributed by atoms with Gasteiger partial charge in [0.2, 0.25) is 0 Å². The Labute approximate surface area is 101 Å². The van der Waals surface area contributed by atoms with Crippen molar-refractivity contribution in [3.05, 3.63) is 34.9 Å². The van der Waals surface area contributed by atoms with E-state index >= 15 is 0 Å². The Bertz CT molecular complexity index is 351. The molecular weight excluding hydrogens is 226 g/mol. The second kappa shape index (κ2) is 5.87. The van der Waals surface area contributed by atoms with Crippen LogP contribution in [0.2, 0.25) is 5.02 Å². The van der Waals surface area contributed by atoms with E-state index in [1.54, 1.807) is 6.92 Å². The highest BCUT2D eigenvalue weighted by atomic mass is 35.5. The molecule has 0 heterocycles. The molecule has 1 rings (SSSR count). The van der Waals surface area contributed by atoms with Gasteiger partial charge >= 0.3 is 5.97 Å². The van der Waals surface area contributed by atoms with Crippen LogP contribution in [0.3, 0.4) is 0 Å². The van der Waals surface area contributed by atoms with Gasteiger partial charge in [-0.25, -0.2) is 0 Å². The summed E-state index contributed by atoms with van der Waals surface area (Å²) in [6.45, 7) is 3.76. The SMILES string of the molecule is COC(=O)[C@H](C)NC(C)c1ccc(Cl)cc1. The fourth-order valence-electron chi connectivity index (χ4n) is 1.47. The number of carbonyl (C=O) groups is 1. The quantitative estimate of drug-likeness (QED) is 0.824. The molecule has 0 aliphatic rings. The lowest BCUT2D eigenvalue weighted by atomic mass is 10.1. The summed E-state index contributed by atoms with van der Waals surface area (Å²) in [6, 6.07) is 7.28. The van der Waals surface area contributed by atoms with E-state index in [1.807, 2.05) is 31.2 Å². The Morgan fingerprint density at radius 3 is 2.38 bits per heavy atom. The number of carbonyl (C=O) groups excluding carboxylic acids is 1. The van der Waals surface area contributed by atoms with E-state index in [0.29, 0.717) is 5.02 Å². The molecule has 1 N–H and O–H groups in total. The van der Waals surface area contributed by atoms with Gasteiger partial charge in [-0.3, -0.25) is 10.1 Å². The van der Waals surface area contributed by atoms with Crippen molar-refractivity contribution in [3.8, 4) is 0 Å². The highest BCUT2D eigenvalue weighted by Crippen LogP contribution is 2.16. The number of hydrogen-bond acceptors (Lipinski definition) is 3. The maximum Gasteiger partial charge on any atom is 0.322 e. The molecule has 1 aromatic carbocycles. The van der Waals surface area contributed by atoms with Gasteiger partial charge in [-0.1, -0.05) is 23.7 Å². The van der Waals surface area contributed by atoms with Crippen molar-refractivity contribution < 1.29 is 9.53 Å². The molecule has 0 fully saturated rings. The minimum absolute atomic E-state index is 0.0753. The molecule has 2 atom stereocenters. The van der Waals surface area contributed by atoms with Crippen LogP contribution >= 0.6 is 11.6 Å². The summed E-state index contributed by atoms with van der Waals surface area (Å²) >= 11 is 5.80. The van der Waals surface area contributed by atoms with Crippen LogP contribution in [-0.2, 0) is 9.53 Å². The van der Waals surface area contributed by atoms with Crippen LogP contribution in [0.1, 0.15) is 25.5 Å². The number of halogens is 1. The van der Waals surface area contributed by atoms with E-state index in [-0.39, 0.29) is 18.1 Å². The maximum atomic E-state index is 11.2. The molecule has 0 amide bonds. The Morgan fingerprint density at radius 1 is 1.31 bits per heavy atom. The van der Waals surface area contributed by atoms with Gasteiger partial charge in [0.15, 0.2) is 0 Å². The van der Waals surface area contributed by atoms with Crippen LogP contribution < -0.4 is 5.32 Å². The Hall–Kier alpha value is -1.06. The molecule has 1 unspecified atom stereocenters. The first-order valence-corrected chi connectivity index (χ1v) is 5.51. The fourth-order valence-corrected chi connectivity index (χ4v) is 1.59. The van der Waals surface area contributed by atoms with Crippen LogP contribution in [0, 0.1) is 0 Å². The summed E-state index contributed by atoms with van der Waals surface area (Å²) < 4.78 is 4.65. The minimum Gasteiger partial charge on any atom is -0.468 e. The highest BCUT2D eigenvalue weighted by Gasteiger charge is 2.16. The molecule has 1 aromatic rings. The summed E-state index contributed by atoms with van der Waals surface area (Å²) in [5.41, 5.74) is 1.08. The third kappa shape index (κ3) is 3.51. The van der Waals surface area contributed by atoms with E-state index in [4.69, 9.17) is 11.6 Å². The third-order valence-electron chi connectivity index (χ3n) is 2.42. The van der Waals surface area contributed by atoms with E-state index < -0.39 is 0 Å². The summed E-state index contributed by atoms with van der Waals surface area (Å²) in [7, 11) is 1.38. The Balaban J connectivity index is 2.61. The lowest BCUT2D eigenvalue weighted by Gasteiger charge is -2.18. The first-order chi connectivity index (χ1) is 7.54. The second-order valence-electron chi connectivity index (χ2n) is 3.68.